The van der Waals surface area contributed by atoms with Gasteiger partial charge in [0.15, 0.2) is 0 Å². The largest absolute Gasteiger partial charge is 0.329 e. The highest BCUT2D eigenvalue weighted by molar-refractivity contribution is 6.35. The fourth-order valence-electron chi connectivity index (χ4n) is 1.33. The van der Waals surface area contributed by atoms with Crippen LogP contribution in [0.15, 0.2) is 41.3 Å². The van der Waals surface area contributed by atoms with E-state index in [0.717, 1.165) is 11.1 Å². The predicted molar refractivity (Wildman–Crippen MR) is 62.5 cm³/mol. The minimum Gasteiger partial charge on any atom is -0.329 e. The second kappa shape index (κ2) is 4.09. The van der Waals surface area contributed by atoms with Gasteiger partial charge in [0.05, 0.1) is 0 Å². The number of rotatable bonds is 1. The van der Waals surface area contributed by atoms with Gasteiger partial charge in [-0.1, -0.05) is 23.2 Å². The third kappa shape index (κ3) is 2.22. The quantitative estimate of drug-likeness (QED) is 0.814. The molecule has 2 nitrogen and oxygen atoms in total. The highest BCUT2D eigenvalue weighted by Gasteiger charge is 2.04. The maximum atomic E-state index is 11.1. The summed E-state index contributed by atoms with van der Waals surface area (Å²) in [7, 11) is 0. The number of aromatic amines is 1. The third-order valence-electron chi connectivity index (χ3n) is 2.01. The first kappa shape index (κ1) is 10.3. The molecular weight excluding hydrogens is 233 g/mol. The van der Waals surface area contributed by atoms with Crippen LogP contribution in [0.25, 0.3) is 11.1 Å². The average molecular weight is 240 g/mol. The van der Waals surface area contributed by atoms with Crippen molar-refractivity contribution in [2.24, 2.45) is 0 Å². The molecule has 1 aromatic heterocycles. The Kier molecular flexibility index (Phi) is 2.80. The van der Waals surface area contributed by atoms with E-state index in [1.807, 2.05) is 0 Å². The number of aromatic nitrogens is 1. The van der Waals surface area contributed by atoms with E-state index in [2.05, 4.69) is 4.98 Å². The summed E-state index contributed by atoms with van der Waals surface area (Å²) in [5.74, 6) is 0. The first-order valence-electron chi connectivity index (χ1n) is 4.31. The minimum atomic E-state index is -0.163. The van der Waals surface area contributed by atoms with Crippen molar-refractivity contribution >= 4 is 23.2 Å². The summed E-state index contributed by atoms with van der Waals surface area (Å²) < 4.78 is 0. The molecule has 0 spiro atoms. The standard InChI is InChI=1S/C11H7Cl2NO/c12-8-1-2-10(13)9(6-8)7-3-4-14-11(15)5-7/h1-6H,(H,14,15). The van der Waals surface area contributed by atoms with Crippen LogP contribution in [0.5, 0.6) is 0 Å². The fourth-order valence-corrected chi connectivity index (χ4v) is 1.73. The summed E-state index contributed by atoms with van der Waals surface area (Å²) in [4.78, 5) is 13.7. The second-order valence-electron chi connectivity index (χ2n) is 3.07. The predicted octanol–water partition coefficient (Wildman–Crippen LogP) is 3.35. The lowest BCUT2D eigenvalue weighted by atomic mass is 10.1. The molecule has 0 aliphatic heterocycles. The van der Waals surface area contributed by atoms with Crippen LogP contribution in [0.4, 0.5) is 0 Å². The zero-order valence-corrected chi connectivity index (χ0v) is 9.14. The lowest BCUT2D eigenvalue weighted by Crippen LogP contribution is -2.02. The van der Waals surface area contributed by atoms with Crippen molar-refractivity contribution in [3.05, 3.63) is 56.9 Å². The zero-order chi connectivity index (χ0) is 10.8. The van der Waals surface area contributed by atoms with E-state index in [4.69, 9.17) is 23.2 Å². The molecule has 0 radical (unpaired) electrons. The van der Waals surface area contributed by atoms with Crippen LogP contribution in [0, 0.1) is 0 Å². The molecule has 0 saturated carbocycles. The highest BCUT2D eigenvalue weighted by atomic mass is 35.5. The lowest BCUT2D eigenvalue weighted by molar-refractivity contribution is 1.24. The summed E-state index contributed by atoms with van der Waals surface area (Å²) in [6.45, 7) is 0. The molecule has 15 heavy (non-hydrogen) atoms. The van der Waals surface area contributed by atoms with Gasteiger partial charge in [-0.25, -0.2) is 0 Å². The molecule has 1 heterocycles. The van der Waals surface area contributed by atoms with Crippen LogP contribution in [-0.4, -0.2) is 4.98 Å². The van der Waals surface area contributed by atoms with Gasteiger partial charge in [-0.2, -0.15) is 0 Å². The summed E-state index contributed by atoms with van der Waals surface area (Å²) in [6, 6.07) is 8.41. The van der Waals surface area contributed by atoms with Crippen molar-refractivity contribution in [2.45, 2.75) is 0 Å². The molecule has 0 bridgehead atoms. The lowest BCUT2D eigenvalue weighted by Gasteiger charge is -2.03. The first-order chi connectivity index (χ1) is 7.16. The van der Waals surface area contributed by atoms with Crippen molar-refractivity contribution in [3.8, 4) is 11.1 Å². The van der Waals surface area contributed by atoms with Crippen LogP contribution in [0.1, 0.15) is 0 Å². The van der Waals surface area contributed by atoms with Gasteiger partial charge in [-0.05, 0) is 29.8 Å². The SMILES string of the molecule is O=c1cc(-c2cc(Cl)ccc2Cl)cc[nH]1. The van der Waals surface area contributed by atoms with Gasteiger partial charge < -0.3 is 4.98 Å². The number of benzene rings is 1. The molecule has 2 aromatic rings. The van der Waals surface area contributed by atoms with Crippen molar-refractivity contribution in [2.75, 3.05) is 0 Å². The Morgan fingerprint density at radius 2 is 1.87 bits per heavy atom. The molecule has 4 heteroatoms. The van der Waals surface area contributed by atoms with Crippen molar-refractivity contribution in [3.63, 3.8) is 0 Å². The molecule has 1 aromatic carbocycles. The second-order valence-corrected chi connectivity index (χ2v) is 3.91. The van der Waals surface area contributed by atoms with Crippen LogP contribution in [0.2, 0.25) is 10.0 Å². The van der Waals surface area contributed by atoms with Gasteiger partial charge >= 0.3 is 0 Å². The molecule has 0 unspecified atom stereocenters. The average Bonchev–Trinajstić information content (AvgIpc) is 2.22. The Bertz CT molecular complexity index is 548. The van der Waals surface area contributed by atoms with E-state index in [0.29, 0.717) is 10.0 Å². The van der Waals surface area contributed by atoms with E-state index in [1.54, 1.807) is 30.5 Å². The molecule has 1 N–H and O–H groups in total. The molecule has 76 valence electrons. The summed E-state index contributed by atoms with van der Waals surface area (Å²) in [5, 5.41) is 1.17. The summed E-state index contributed by atoms with van der Waals surface area (Å²) >= 11 is 11.9. The third-order valence-corrected chi connectivity index (χ3v) is 2.58. The smallest absolute Gasteiger partial charge is 0.248 e. The van der Waals surface area contributed by atoms with Crippen molar-refractivity contribution < 1.29 is 0 Å². The van der Waals surface area contributed by atoms with Crippen molar-refractivity contribution in [1.82, 2.24) is 4.98 Å². The Balaban J connectivity index is 2.63. The highest BCUT2D eigenvalue weighted by Crippen LogP contribution is 2.29. The van der Waals surface area contributed by atoms with Crippen LogP contribution >= 0.6 is 23.2 Å². The van der Waals surface area contributed by atoms with Crippen LogP contribution < -0.4 is 5.56 Å². The van der Waals surface area contributed by atoms with Gasteiger partial charge in [-0.3, -0.25) is 4.79 Å². The Hall–Kier alpha value is -1.25. The van der Waals surface area contributed by atoms with Gasteiger partial charge in [0.1, 0.15) is 0 Å². The number of nitrogens with one attached hydrogen (secondary N) is 1. The molecule has 0 saturated heterocycles. The normalized spacial score (nSPS) is 10.3. The fraction of sp³-hybridized carbons (Fsp3) is 0. The van der Waals surface area contributed by atoms with Gasteiger partial charge in [-0.15, -0.1) is 0 Å². The molecular formula is C11H7Cl2NO. The number of pyridine rings is 1. The number of hydrogen-bond donors (Lipinski definition) is 1. The Morgan fingerprint density at radius 3 is 2.60 bits per heavy atom. The molecule has 0 aliphatic carbocycles. The number of hydrogen-bond acceptors (Lipinski definition) is 1. The summed E-state index contributed by atoms with van der Waals surface area (Å²) in [6.07, 6.45) is 1.58. The van der Waals surface area contributed by atoms with E-state index in [9.17, 15) is 4.79 Å². The molecule has 0 aliphatic rings. The van der Waals surface area contributed by atoms with E-state index in [-0.39, 0.29) is 5.56 Å². The topological polar surface area (TPSA) is 32.9 Å². The van der Waals surface area contributed by atoms with Crippen LogP contribution in [0.3, 0.4) is 0 Å². The zero-order valence-electron chi connectivity index (χ0n) is 7.63. The monoisotopic (exact) mass is 239 g/mol. The molecule has 2 rings (SSSR count). The molecule has 0 amide bonds. The van der Waals surface area contributed by atoms with E-state index >= 15 is 0 Å². The number of H-pyrrole nitrogens is 1. The molecule has 0 atom stereocenters. The van der Waals surface area contributed by atoms with Crippen molar-refractivity contribution in [1.29, 1.82) is 0 Å². The van der Waals surface area contributed by atoms with Gasteiger partial charge in [0, 0.05) is 27.9 Å². The minimum absolute atomic E-state index is 0.163. The first-order valence-corrected chi connectivity index (χ1v) is 5.06. The van der Waals surface area contributed by atoms with Crippen LogP contribution in [-0.2, 0) is 0 Å². The maximum absolute atomic E-state index is 11.1. The van der Waals surface area contributed by atoms with Gasteiger partial charge in [0.25, 0.3) is 0 Å². The van der Waals surface area contributed by atoms with Gasteiger partial charge in [0.2, 0.25) is 5.56 Å². The Labute approximate surface area is 96.5 Å². The number of halogens is 2. The maximum Gasteiger partial charge on any atom is 0.248 e. The molecule has 0 fully saturated rings. The van der Waals surface area contributed by atoms with E-state index < -0.39 is 0 Å². The summed E-state index contributed by atoms with van der Waals surface area (Å²) in [5.41, 5.74) is 1.35. The Morgan fingerprint density at radius 1 is 1.07 bits per heavy atom. The van der Waals surface area contributed by atoms with E-state index in [1.165, 1.54) is 6.07 Å².